The first-order chi connectivity index (χ1) is 13.4. The van der Waals surface area contributed by atoms with E-state index in [-0.39, 0.29) is 30.1 Å². The minimum absolute atomic E-state index is 0. The van der Waals surface area contributed by atoms with Gasteiger partial charge in [-0.05, 0) is 37.1 Å². The third kappa shape index (κ3) is 6.00. The number of anilines is 1. The average molecular weight is 415 g/mol. The van der Waals surface area contributed by atoms with Crippen LogP contribution in [0.25, 0.3) is 0 Å². The molecule has 1 aliphatic carbocycles. The number of rotatable bonds is 7. The Morgan fingerprint density at radius 1 is 1.17 bits per heavy atom. The highest BCUT2D eigenvalue weighted by atomic mass is 35.5. The molecule has 0 saturated carbocycles. The lowest BCUT2D eigenvalue weighted by molar-refractivity contribution is -0.694. The fraction of sp³-hybridized carbons (Fsp3) is 0.304. The van der Waals surface area contributed by atoms with E-state index in [0.29, 0.717) is 24.2 Å². The highest BCUT2D eigenvalue weighted by molar-refractivity contribution is 6.01. The molecule has 154 valence electrons. The molecule has 2 aromatic carbocycles. The molecule has 6 heteroatoms. The van der Waals surface area contributed by atoms with Crippen LogP contribution >= 0.6 is 0 Å². The fourth-order valence-corrected chi connectivity index (χ4v) is 3.60. The van der Waals surface area contributed by atoms with Crippen molar-refractivity contribution in [2.45, 2.75) is 38.8 Å². The van der Waals surface area contributed by atoms with E-state index in [2.05, 4.69) is 10.6 Å². The average Bonchev–Trinajstić information content (AvgIpc) is 2.97. The molecular formula is C23H27ClN2O3. The molecule has 3 rings (SSSR count). The largest absolute Gasteiger partial charge is 1.00 e. The Bertz CT molecular complexity index is 907. The Morgan fingerprint density at radius 3 is 2.66 bits per heavy atom. The summed E-state index contributed by atoms with van der Waals surface area (Å²) in [5.41, 5.74) is 4.28. The number of hydrogen-bond acceptors (Lipinski definition) is 3. The van der Waals surface area contributed by atoms with Crippen molar-refractivity contribution < 1.29 is 32.4 Å². The molecule has 0 aromatic heterocycles. The minimum Gasteiger partial charge on any atom is -1.00 e. The number of benzene rings is 2. The molecule has 0 bridgehead atoms. The lowest BCUT2D eigenvalue weighted by atomic mass is 10.1. The van der Waals surface area contributed by atoms with Crippen LogP contribution in [-0.4, -0.2) is 29.4 Å². The summed E-state index contributed by atoms with van der Waals surface area (Å²) in [6.07, 6.45) is 2.23. The van der Waals surface area contributed by atoms with E-state index in [9.17, 15) is 14.7 Å². The highest BCUT2D eigenvalue weighted by Crippen LogP contribution is 2.29. The summed E-state index contributed by atoms with van der Waals surface area (Å²) in [5, 5.41) is 15.3. The Kier molecular flexibility index (Phi) is 8.14. The topological polar surface area (TPSA) is 83.0 Å². The van der Waals surface area contributed by atoms with Crippen molar-refractivity contribution in [3.63, 3.8) is 0 Å². The molecule has 5 nitrogen and oxygen atoms in total. The number of carbonyl (C=O) groups is 2. The van der Waals surface area contributed by atoms with Gasteiger partial charge in [0.1, 0.15) is 12.1 Å². The lowest BCUT2D eigenvalue weighted by Gasteiger charge is -2.13. The number of amides is 1. The van der Waals surface area contributed by atoms with Crippen molar-refractivity contribution in [2.75, 3.05) is 11.9 Å². The molecule has 2 atom stereocenters. The first-order valence-corrected chi connectivity index (χ1v) is 9.62. The zero-order valence-corrected chi connectivity index (χ0v) is 17.4. The first-order valence-electron chi connectivity index (χ1n) is 9.62. The van der Waals surface area contributed by atoms with Crippen LogP contribution in [0.15, 0.2) is 60.2 Å². The van der Waals surface area contributed by atoms with Crippen molar-refractivity contribution in [1.29, 1.82) is 0 Å². The van der Waals surface area contributed by atoms with E-state index in [1.807, 2.05) is 38.1 Å². The Hall–Kier alpha value is -2.47. The van der Waals surface area contributed by atoms with Crippen LogP contribution in [0.1, 0.15) is 47.9 Å². The van der Waals surface area contributed by atoms with E-state index < -0.39 is 6.10 Å². The van der Waals surface area contributed by atoms with Crippen LogP contribution in [0.5, 0.6) is 0 Å². The molecular weight excluding hydrogens is 388 g/mol. The van der Waals surface area contributed by atoms with Gasteiger partial charge in [0.2, 0.25) is 5.91 Å². The number of nitrogens with two attached hydrogens (primary N) is 1. The number of Topliss-reactive ketones (excluding diaryl/α,β-unsaturated/α-hetero) is 1. The molecule has 0 aliphatic heterocycles. The number of aliphatic hydroxyl groups excluding tert-OH is 1. The number of ketones is 1. The summed E-state index contributed by atoms with van der Waals surface area (Å²) < 4.78 is 0. The van der Waals surface area contributed by atoms with Crippen molar-refractivity contribution in [3.05, 3.63) is 76.9 Å². The number of carbonyl (C=O) groups excluding carboxylic acids is 2. The van der Waals surface area contributed by atoms with Gasteiger partial charge in [-0.3, -0.25) is 9.59 Å². The molecule has 0 spiro atoms. The van der Waals surface area contributed by atoms with Gasteiger partial charge in [-0.1, -0.05) is 42.0 Å². The molecule has 4 N–H and O–H groups in total. The Labute approximate surface area is 177 Å². The van der Waals surface area contributed by atoms with Crippen LogP contribution in [0.4, 0.5) is 5.69 Å². The summed E-state index contributed by atoms with van der Waals surface area (Å²) in [7, 11) is 0. The van der Waals surface area contributed by atoms with Gasteiger partial charge >= 0.3 is 0 Å². The summed E-state index contributed by atoms with van der Waals surface area (Å²) >= 11 is 0. The first kappa shape index (κ1) is 22.8. The summed E-state index contributed by atoms with van der Waals surface area (Å²) in [6, 6.07) is 15.0. The van der Waals surface area contributed by atoms with Gasteiger partial charge in [0.05, 0.1) is 13.0 Å². The maximum absolute atomic E-state index is 12.5. The zero-order chi connectivity index (χ0) is 20.1. The zero-order valence-electron chi connectivity index (χ0n) is 16.7. The molecule has 2 unspecified atom stereocenters. The quantitative estimate of drug-likeness (QED) is 0.417. The van der Waals surface area contributed by atoms with Crippen LogP contribution in [0.3, 0.4) is 0 Å². The fourth-order valence-electron chi connectivity index (χ4n) is 3.60. The monoisotopic (exact) mass is 414 g/mol. The number of halogens is 1. The third-order valence-electron chi connectivity index (χ3n) is 4.95. The van der Waals surface area contributed by atoms with Gasteiger partial charge in [-0.15, -0.1) is 0 Å². The van der Waals surface area contributed by atoms with E-state index in [4.69, 9.17) is 0 Å². The van der Waals surface area contributed by atoms with Crippen LogP contribution in [0, 0.1) is 0 Å². The molecule has 2 aromatic rings. The molecule has 1 aliphatic rings. The van der Waals surface area contributed by atoms with E-state index in [1.54, 1.807) is 24.3 Å². The number of fused-ring (bicyclic) bond motifs is 1. The van der Waals surface area contributed by atoms with Crippen LogP contribution < -0.4 is 23.0 Å². The summed E-state index contributed by atoms with van der Waals surface area (Å²) in [4.78, 5) is 24.4. The second-order valence-corrected chi connectivity index (χ2v) is 7.50. The lowest BCUT2D eigenvalue weighted by Crippen LogP contribution is -3.00. The van der Waals surface area contributed by atoms with Gasteiger partial charge in [0.25, 0.3) is 0 Å². The van der Waals surface area contributed by atoms with Crippen LogP contribution in [0.2, 0.25) is 0 Å². The van der Waals surface area contributed by atoms with Gasteiger partial charge in [-0.25, -0.2) is 0 Å². The predicted molar refractivity (Wildman–Crippen MR) is 109 cm³/mol. The van der Waals surface area contributed by atoms with Crippen LogP contribution in [-0.2, 0) is 11.2 Å². The van der Waals surface area contributed by atoms with Crippen molar-refractivity contribution in [2.24, 2.45) is 0 Å². The van der Waals surface area contributed by atoms with Gasteiger partial charge in [0, 0.05) is 23.7 Å². The predicted octanol–water partition coefficient (Wildman–Crippen LogP) is -0.610. The number of nitrogens with one attached hydrogen (secondary N) is 1. The summed E-state index contributed by atoms with van der Waals surface area (Å²) in [5.74, 6) is -0.174. The molecule has 0 saturated heterocycles. The smallest absolute Gasteiger partial charge is 0.248 e. The third-order valence-corrected chi connectivity index (χ3v) is 4.95. The van der Waals surface area contributed by atoms with E-state index in [0.717, 1.165) is 17.6 Å². The standard InChI is InChI=1S/C23H26N2O3.ClH/c1-15(2)12-22(27)25-18-8-5-7-17(13-18)21(26)10-11-24-20-14-16-6-3-4-9-19(16)23(20)28;/h3-9,12-13,20,23-24,28H,10-11,14H2,1-2H3,(H,25,27);1H. The van der Waals surface area contributed by atoms with E-state index in [1.165, 1.54) is 11.6 Å². The van der Waals surface area contributed by atoms with Crippen molar-refractivity contribution in [1.82, 2.24) is 0 Å². The maximum atomic E-state index is 12.5. The summed E-state index contributed by atoms with van der Waals surface area (Å²) in [6.45, 7) is 4.33. The SMILES string of the molecule is CC(C)=CC(=O)Nc1cccc(C(=O)CC[NH2+]C2Cc3ccccc3C2O)c1.[Cl-]. The normalized spacial score (nSPS) is 17.1. The Morgan fingerprint density at radius 2 is 1.93 bits per heavy atom. The van der Waals surface area contributed by atoms with E-state index >= 15 is 0 Å². The Balaban J connectivity index is 0.00000300. The number of allylic oxidation sites excluding steroid dienone is 1. The number of quaternary nitrogens is 1. The molecule has 0 fully saturated rings. The molecule has 0 heterocycles. The highest BCUT2D eigenvalue weighted by Gasteiger charge is 2.33. The second-order valence-electron chi connectivity index (χ2n) is 7.50. The van der Waals surface area contributed by atoms with Gasteiger partial charge in [-0.2, -0.15) is 0 Å². The van der Waals surface area contributed by atoms with Gasteiger partial charge in [0.15, 0.2) is 5.78 Å². The maximum Gasteiger partial charge on any atom is 0.248 e. The molecule has 0 radical (unpaired) electrons. The molecule has 29 heavy (non-hydrogen) atoms. The van der Waals surface area contributed by atoms with Crippen molar-refractivity contribution >= 4 is 17.4 Å². The molecule has 1 amide bonds. The minimum atomic E-state index is -0.486. The van der Waals surface area contributed by atoms with Gasteiger partial charge < -0.3 is 28.1 Å². The van der Waals surface area contributed by atoms with Crippen molar-refractivity contribution in [3.8, 4) is 0 Å². The number of aliphatic hydroxyl groups is 1. The number of hydrogen-bond donors (Lipinski definition) is 3. The second kappa shape index (κ2) is 10.3.